The second-order valence-electron chi connectivity index (χ2n) is 4.52. The van der Waals surface area contributed by atoms with Gasteiger partial charge >= 0.3 is 0 Å². The minimum absolute atomic E-state index is 0.176. The highest BCUT2D eigenvalue weighted by Crippen LogP contribution is 2.12. The van der Waals surface area contributed by atoms with Gasteiger partial charge in [-0.3, -0.25) is 4.79 Å². The van der Waals surface area contributed by atoms with E-state index in [4.69, 9.17) is 0 Å². The summed E-state index contributed by atoms with van der Waals surface area (Å²) in [5.74, 6) is 0.176. The summed E-state index contributed by atoms with van der Waals surface area (Å²) in [5.41, 5.74) is 1.96. The fraction of sp³-hybridized carbons (Fsp3) is 0.538. The summed E-state index contributed by atoms with van der Waals surface area (Å²) >= 11 is 0. The molecular formula is C13H19N2O+. The predicted octanol–water partition coefficient (Wildman–Crippen LogP) is 1.45. The van der Waals surface area contributed by atoms with Gasteiger partial charge in [-0.2, -0.15) is 0 Å². The summed E-state index contributed by atoms with van der Waals surface area (Å²) in [6, 6.07) is 3.92. The summed E-state index contributed by atoms with van der Waals surface area (Å²) in [6.07, 6.45) is 5.46. The molecule has 2 rings (SSSR count). The first kappa shape index (κ1) is 11.1. The molecule has 1 fully saturated rings. The summed E-state index contributed by atoms with van der Waals surface area (Å²) in [4.78, 5) is 14.1. The number of aromatic nitrogens is 1. The molecule has 0 radical (unpaired) electrons. The van der Waals surface area contributed by atoms with Crippen LogP contribution in [0.3, 0.4) is 0 Å². The largest absolute Gasteiger partial charge is 0.338 e. The maximum absolute atomic E-state index is 12.2. The lowest BCUT2D eigenvalue weighted by atomic mass is 10.1. The van der Waals surface area contributed by atoms with Crippen LogP contribution >= 0.6 is 0 Å². The lowest BCUT2D eigenvalue weighted by molar-refractivity contribution is -0.677. The predicted molar refractivity (Wildman–Crippen MR) is 62.1 cm³/mol. The van der Waals surface area contributed by atoms with Crippen molar-refractivity contribution in [2.75, 3.05) is 13.1 Å². The molecule has 1 aromatic heterocycles. The van der Waals surface area contributed by atoms with Gasteiger partial charge in [0.25, 0.3) is 5.91 Å². The van der Waals surface area contributed by atoms with Crippen molar-refractivity contribution in [2.45, 2.75) is 26.2 Å². The van der Waals surface area contributed by atoms with Crippen LogP contribution in [0.15, 0.2) is 18.3 Å². The van der Waals surface area contributed by atoms with Gasteiger partial charge in [-0.25, -0.2) is 4.57 Å². The van der Waals surface area contributed by atoms with Crippen molar-refractivity contribution < 1.29 is 9.36 Å². The van der Waals surface area contributed by atoms with E-state index in [0.717, 1.165) is 37.2 Å². The van der Waals surface area contributed by atoms with Crippen LogP contribution in [-0.4, -0.2) is 23.9 Å². The first-order chi connectivity index (χ1) is 7.68. The Morgan fingerprint density at radius 1 is 1.25 bits per heavy atom. The Hall–Kier alpha value is -1.38. The van der Waals surface area contributed by atoms with Gasteiger partial charge in [-0.05, 0) is 25.3 Å². The molecule has 3 nitrogen and oxygen atoms in total. The molecule has 1 aliphatic heterocycles. The van der Waals surface area contributed by atoms with E-state index in [1.807, 2.05) is 41.8 Å². The first-order valence-electron chi connectivity index (χ1n) is 5.94. The summed E-state index contributed by atoms with van der Waals surface area (Å²) < 4.78 is 2.00. The number of hydrogen-bond acceptors (Lipinski definition) is 1. The molecule has 0 aromatic carbocycles. The average molecular weight is 219 g/mol. The van der Waals surface area contributed by atoms with Crippen LogP contribution in [0.25, 0.3) is 0 Å². The fourth-order valence-electron chi connectivity index (χ4n) is 2.09. The third-order valence-corrected chi connectivity index (χ3v) is 3.28. The van der Waals surface area contributed by atoms with E-state index in [1.165, 1.54) is 6.42 Å². The highest BCUT2D eigenvalue weighted by molar-refractivity contribution is 5.93. The van der Waals surface area contributed by atoms with Crippen molar-refractivity contribution in [3.05, 3.63) is 29.6 Å². The maximum atomic E-state index is 12.2. The Bertz CT molecular complexity index is 395. The zero-order chi connectivity index (χ0) is 11.5. The zero-order valence-corrected chi connectivity index (χ0v) is 10.1. The van der Waals surface area contributed by atoms with Gasteiger partial charge < -0.3 is 4.90 Å². The molecule has 0 aliphatic carbocycles. The van der Waals surface area contributed by atoms with Gasteiger partial charge in [0.1, 0.15) is 12.6 Å². The van der Waals surface area contributed by atoms with Gasteiger partial charge in [0, 0.05) is 26.1 Å². The molecule has 1 aliphatic rings. The van der Waals surface area contributed by atoms with Gasteiger partial charge in [0.05, 0.1) is 0 Å². The van der Waals surface area contributed by atoms with Crippen molar-refractivity contribution in [3.63, 3.8) is 0 Å². The highest BCUT2D eigenvalue weighted by Gasteiger charge is 2.20. The SMILES string of the molecule is Cc1ccc(C(=O)N2CCCCC2)c[n+]1C. The molecule has 0 bridgehead atoms. The number of rotatable bonds is 1. The molecule has 86 valence electrons. The maximum Gasteiger partial charge on any atom is 0.259 e. The van der Waals surface area contributed by atoms with E-state index in [-0.39, 0.29) is 5.91 Å². The molecule has 1 aromatic rings. The van der Waals surface area contributed by atoms with Crippen LogP contribution in [0.5, 0.6) is 0 Å². The molecule has 2 heterocycles. The van der Waals surface area contributed by atoms with E-state index in [1.54, 1.807) is 0 Å². The van der Waals surface area contributed by atoms with Crippen LogP contribution in [0.4, 0.5) is 0 Å². The molecule has 0 atom stereocenters. The topological polar surface area (TPSA) is 24.2 Å². The molecule has 0 unspecified atom stereocenters. The van der Waals surface area contributed by atoms with Crippen LogP contribution in [0.2, 0.25) is 0 Å². The van der Waals surface area contributed by atoms with E-state index >= 15 is 0 Å². The third-order valence-electron chi connectivity index (χ3n) is 3.28. The minimum atomic E-state index is 0.176. The number of aryl methyl sites for hydroxylation is 2. The monoisotopic (exact) mass is 219 g/mol. The van der Waals surface area contributed by atoms with E-state index in [9.17, 15) is 4.79 Å². The number of nitrogens with zero attached hydrogens (tertiary/aromatic N) is 2. The number of likely N-dealkylation sites (tertiary alicyclic amines) is 1. The number of carbonyl (C=O) groups excluding carboxylic acids is 1. The van der Waals surface area contributed by atoms with Crippen LogP contribution in [0, 0.1) is 6.92 Å². The van der Waals surface area contributed by atoms with E-state index in [0.29, 0.717) is 0 Å². The third kappa shape index (κ3) is 2.23. The number of carbonyl (C=O) groups is 1. The molecular weight excluding hydrogens is 200 g/mol. The highest BCUT2D eigenvalue weighted by atomic mass is 16.2. The van der Waals surface area contributed by atoms with Crippen molar-refractivity contribution >= 4 is 5.91 Å². The summed E-state index contributed by atoms with van der Waals surface area (Å²) in [6.45, 7) is 3.86. The summed E-state index contributed by atoms with van der Waals surface area (Å²) in [7, 11) is 1.97. The standard InChI is InChI=1S/C13H19N2O/c1-11-6-7-12(10-14(11)2)13(16)15-8-4-3-5-9-15/h6-7,10H,3-5,8-9H2,1-2H3/q+1. The van der Waals surface area contributed by atoms with Crippen molar-refractivity contribution in [2.24, 2.45) is 7.05 Å². The summed E-state index contributed by atoms with van der Waals surface area (Å²) in [5, 5.41) is 0. The number of hydrogen-bond donors (Lipinski definition) is 0. The second kappa shape index (κ2) is 4.64. The number of pyridine rings is 1. The molecule has 0 spiro atoms. The van der Waals surface area contributed by atoms with Gasteiger partial charge in [0.2, 0.25) is 0 Å². The molecule has 1 saturated heterocycles. The Labute approximate surface area is 96.7 Å². The van der Waals surface area contributed by atoms with Crippen molar-refractivity contribution in [1.82, 2.24) is 4.90 Å². The Kier molecular flexibility index (Phi) is 3.22. The van der Waals surface area contributed by atoms with Crippen molar-refractivity contribution in [3.8, 4) is 0 Å². The van der Waals surface area contributed by atoms with Gasteiger partial charge in [0.15, 0.2) is 11.9 Å². The van der Waals surface area contributed by atoms with Crippen LogP contribution in [0.1, 0.15) is 35.3 Å². The smallest absolute Gasteiger partial charge is 0.259 e. The Morgan fingerprint density at radius 2 is 1.94 bits per heavy atom. The number of piperidine rings is 1. The fourth-order valence-corrected chi connectivity index (χ4v) is 2.09. The second-order valence-corrected chi connectivity index (χ2v) is 4.52. The van der Waals surface area contributed by atoms with Crippen LogP contribution in [-0.2, 0) is 7.05 Å². The van der Waals surface area contributed by atoms with E-state index < -0.39 is 0 Å². The number of amides is 1. The molecule has 1 amide bonds. The zero-order valence-electron chi connectivity index (χ0n) is 10.1. The molecule has 0 saturated carbocycles. The molecule has 16 heavy (non-hydrogen) atoms. The van der Waals surface area contributed by atoms with Crippen molar-refractivity contribution in [1.29, 1.82) is 0 Å². The first-order valence-corrected chi connectivity index (χ1v) is 5.94. The molecule has 0 N–H and O–H groups in total. The quantitative estimate of drug-likeness (QED) is 0.656. The Morgan fingerprint density at radius 3 is 2.56 bits per heavy atom. The lowest BCUT2D eigenvalue weighted by Crippen LogP contribution is -2.38. The molecule has 3 heteroatoms. The van der Waals surface area contributed by atoms with E-state index in [2.05, 4.69) is 0 Å². The Balaban J connectivity index is 2.16. The lowest BCUT2D eigenvalue weighted by Gasteiger charge is -2.26. The minimum Gasteiger partial charge on any atom is -0.338 e. The van der Waals surface area contributed by atoms with Crippen LogP contribution < -0.4 is 4.57 Å². The average Bonchev–Trinajstić information content (AvgIpc) is 2.33. The van der Waals surface area contributed by atoms with Gasteiger partial charge in [-0.15, -0.1) is 0 Å². The normalized spacial score (nSPS) is 16.2. The van der Waals surface area contributed by atoms with Gasteiger partial charge in [-0.1, -0.05) is 0 Å².